The van der Waals surface area contributed by atoms with E-state index in [2.05, 4.69) is 32.3 Å². The summed E-state index contributed by atoms with van der Waals surface area (Å²) in [6, 6.07) is 0. The Labute approximate surface area is 67.8 Å². The Morgan fingerprint density at radius 2 is 1.80 bits per heavy atom. The average molecular weight is 160 g/mol. The highest BCUT2D eigenvalue weighted by Gasteiger charge is 2.13. The van der Waals surface area contributed by atoms with Crippen LogP contribution in [-0.2, 0) is 0 Å². The highest BCUT2D eigenvalue weighted by molar-refractivity contribution is 6.64. The van der Waals surface area contributed by atoms with E-state index < -0.39 is 0 Å². The summed E-state index contributed by atoms with van der Waals surface area (Å²) in [7, 11) is 0. The fourth-order valence-corrected chi connectivity index (χ4v) is 0.456. The number of allylic oxidation sites excluding steroid dienone is 1. The molecule has 0 aromatic rings. The van der Waals surface area contributed by atoms with Crippen LogP contribution in [0.4, 0.5) is 0 Å². The predicted molar refractivity (Wildman–Crippen MR) is 47.6 cm³/mol. The SMILES string of the molecule is C=C(/N=C(\C)Cl)C(C)(C)C. The van der Waals surface area contributed by atoms with Crippen LogP contribution in [0.3, 0.4) is 0 Å². The minimum atomic E-state index is 0.0240. The Balaban J connectivity index is 4.27. The Hall–Kier alpha value is -0.300. The monoisotopic (exact) mass is 159 g/mol. The average Bonchev–Trinajstić information content (AvgIpc) is 1.60. The van der Waals surface area contributed by atoms with Crippen LogP contribution in [-0.4, -0.2) is 5.17 Å². The van der Waals surface area contributed by atoms with Crippen LogP contribution in [0.5, 0.6) is 0 Å². The molecule has 0 saturated heterocycles. The zero-order valence-corrected chi connectivity index (χ0v) is 7.79. The van der Waals surface area contributed by atoms with E-state index in [9.17, 15) is 0 Å². The summed E-state index contributed by atoms with van der Waals surface area (Å²) in [6.07, 6.45) is 0. The van der Waals surface area contributed by atoms with Crippen LogP contribution in [0.2, 0.25) is 0 Å². The first-order valence-electron chi connectivity index (χ1n) is 3.24. The largest absolute Gasteiger partial charge is 0.246 e. The first-order valence-corrected chi connectivity index (χ1v) is 3.62. The fourth-order valence-electron chi connectivity index (χ4n) is 0.354. The minimum absolute atomic E-state index is 0.0240. The van der Waals surface area contributed by atoms with Gasteiger partial charge in [0.1, 0.15) is 5.17 Å². The molecule has 0 unspecified atom stereocenters. The van der Waals surface area contributed by atoms with Crippen molar-refractivity contribution < 1.29 is 0 Å². The molecule has 0 aliphatic heterocycles. The summed E-state index contributed by atoms with van der Waals surface area (Å²) in [5, 5.41) is 0.542. The van der Waals surface area contributed by atoms with Gasteiger partial charge in [-0.2, -0.15) is 0 Å². The summed E-state index contributed by atoms with van der Waals surface area (Å²) in [4.78, 5) is 4.04. The minimum Gasteiger partial charge on any atom is -0.246 e. The molecule has 0 aliphatic carbocycles. The van der Waals surface area contributed by atoms with Crippen LogP contribution in [0.15, 0.2) is 17.3 Å². The molecule has 0 bridgehead atoms. The molecule has 10 heavy (non-hydrogen) atoms. The van der Waals surface area contributed by atoms with Gasteiger partial charge in [-0.15, -0.1) is 0 Å². The molecule has 0 heterocycles. The van der Waals surface area contributed by atoms with Gasteiger partial charge in [-0.1, -0.05) is 39.0 Å². The summed E-state index contributed by atoms with van der Waals surface area (Å²) >= 11 is 5.57. The van der Waals surface area contributed by atoms with Gasteiger partial charge >= 0.3 is 0 Å². The van der Waals surface area contributed by atoms with E-state index in [1.165, 1.54) is 0 Å². The molecule has 58 valence electrons. The van der Waals surface area contributed by atoms with Crippen molar-refractivity contribution in [3.8, 4) is 0 Å². The van der Waals surface area contributed by atoms with E-state index in [1.807, 2.05) is 0 Å². The van der Waals surface area contributed by atoms with E-state index in [4.69, 9.17) is 11.6 Å². The predicted octanol–water partition coefficient (Wildman–Crippen LogP) is 3.20. The lowest BCUT2D eigenvalue weighted by Gasteiger charge is -2.17. The van der Waals surface area contributed by atoms with E-state index >= 15 is 0 Å². The number of rotatable bonds is 1. The van der Waals surface area contributed by atoms with Gasteiger partial charge < -0.3 is 0 Å². The molecule has 0 aromatic heterocycles. The normalized spacial score (nSPS) is 13.5. The standard InChI is InChI=1S/C8H14ClN/c1-6(8(3,4)5)10-7(2)9/h1H2,2-5H3/b10-7+. The molecule has 0 amide bonds. The van der Waals surface area contributed by atoms with E-state index in [0.29, 0.717) is 5.17 Å². The van der Waals surface area contributed by atoms with Gasteiger partial charge in [0, 0.05) is 11.1 Å². The molecule has 0 rings (SSSR count). The molecular weight excluding hydrogens is 146 g/mol. The van der Waals surface area contributed by atoms with Crippen molar-refractivity contribution in [3.05, 3.63) is 12.3 Å². The maximum Gasteiger partial charge on any atom is 0.103 e. The molecule has 0 aromatic carbocycles. The van der Waals surface area contributed by atoms with Gasteiger partial charge in [0.25, 0.3) is 0 Å². The van der Waals surface area contributed by atoms with Gasteiger partial charge in [-0.05, 0) is 6.92 Å². The molecule has 0 aliphatic rings. The first kappa shape index (κ1) is 9.70. The smallest absolute Gasteiger partial charge is 0.103 e. The van der Waals surface area contributed by atoms with E-state index in [0.717, 1.165) is 5.70 Å². The highest BCUT2D eigenvalue weighted by atomic mass is 35.5. The number of halogens is 1. The molecule has 0 spiro atoms. The second-order valence-corrected chi connectivity index (χ2v) is 3.85. The van der Waals surface area contributed by atoms with Gasteiger partial charge in [-0.3, -0.25) is 0 Å². The lowest BCUT2D eigenvalue weighted by Crippen LogP contribution is -2.06. The second kappa shape index (κ2) is 3.20. The van der Waals surface area contributed by atoms with Gasteiger partial charge in [-0.25, -0.2) is 4.99 Å². The molecular formula is C8H14ClN. The number of aliphatic imine (C=N–C) groups is 1. The maximum atomic E-state index is 5.57. The Morgan fingerprint density at radius 1 is 1.40 bits per heavy atom. The van der Waals surface area contributed by atoms with Crippen molar-refractivity contribution in [2.75, 3.05) is 0 Å². The van der Waals surface area contributed by atoms with Crippen LogP contribution in [0.1, 0.15) is 27.7 Å². The number of hydrogen-bond donors (Lipinski definition) is 0. The van der Waals surface area contributed by atoms with E-state index in [1.54, 1.807) is 6.92 Å². The summed E-state index contributed by atoms with van der Waals surface area (Å²) < 4.78 is 0. The number of hydrogen-bond acceptors (Lipinski definition) is 1. The number of nitrogens with zero attached hydrogens (tertiary/aromatic N) is 1. The second-order valence-electron chi connectivity index (χ2n) is 3.31. The highest BCUT2D eigenvalue weighted by Crippen LogP contribution is 2.24. The first-order chi connectivity index (χ1) is 4.34. The lowest BCUT2D eigenvalue weighted by molar-refractivity contribution is 0.501. The Kier molecular flexibility index (Phi) is 3.10. The van der Waals surface area contributed by atoms with Crippen molar-refractivity contribution in [1.82, 2.24) is 0 Å². The zero-order chi connectivity index (χ0) is 8.36. The third-order valence-electron chi connectivity index (χ3n) is 1.15. The van der Waals surface area contributed by atoms with E-state index in [-0.39, 0.29) is 5.41 Å². The molecule has 1 nitrogen and oxygen atoms in total. The van der Waals surface area contributed by atoms with Crippen LogP contribution in [0, 0.1) is 5.41 Å². The van der Waals surface area contributed by atoms with Crippen LogP contribution >= 0.6 is 11.6 Å². The lowest BCUT2D eigenvalue weighted by atomic mass is 9.93. The Morgan fingerprint density at radius 3 is 1.90 bits per heavy atom. The van der Waals surface area contributed by atoms with Gasteiger partial charge in [0.2, 0.25) is 0 Å². The van der Waals surface area contributed by atoms with Crippen LogP contribution in [0.25, 0.3) is 0 Å². The molecule has 0 saturated carbocycles. The van der Waals surface area contributed by atoms with Crippen molar-refractivity contribution in [2.24, 2.45) is 10.4 Å². The van der Waals surface area contributed by atoms with Crippen LogP contribution < -0.4 is 0 Å². The van der Waals surface area contributed by atoms with Crippen molar-refractivity contribution >= 4 is 16.8 Å². The third kappa shape index (κ3) is 3.67. The van der Waals surface area contributed by atoms with Crippen molar-refractivity contribution in [3.63, 3.8) is 0 Å². The topological polar surface area (TPSA) is 12.4 Å². The molecule has 0 atom stereocenters. The van der Waals surface area contributed by atoms with Crippen molar-refractivity contribution in [2.45, 2.75) is 27.7 Å². The summed E-state index contributed by atoms with van der Waals surface area (Å²) in [5.74, 6) is 0. The van der Waals surface area contributed by atoms with Crippen molar-refractivity contribution in [1.29, 1.82) is 0 Å². The maximum absolute atomic E-state index is 5.57. The zero-order valence-electron chi connectivity index (χ0n) is 7.03. The van der Waals surface area contributed by atoms with Gasteiger partial charge in [0.05, 0.1) is 0 Å². The molecule has 0 N–H and O–H groups in total. The molecule has 0 fully saturated rings. The quantitative estimate of drug-likeness (QED) is 0.521. The van der Waals surface area contributed by atoms with Gasteiger partial charge in [0.15, 0.2) is 0 Å². The Bertz CT molecular complexity index is 159. The summed E-state index contributed by atoms with van der Waals surface area (Å²) in [6.45, 7) is 11.7. The summed E-state index contributed by atoms with van der Waals surface area (Å²) in [5.41, 5.74) is 0.843. The molecule has 2 heteroatoms. The fraction of sp³-hybridized carbons (Fsp3) is 0.625. The molecule has 0 radical (unpaired) electrons. The third-order valence-corrected chi connectivity index (χ3v) is 1.24.